The van der Waals surface area contributed by atoms with Gasteiger partial charge in [0, 0.05) is 71.8 Å². The van der Waals surface area contributed by atoms with Gasteiger partial charge in [0.15, 0.2) is 5.78 Å². The monoisotopic (exact) mass is 1150 g/mol. The van der Waals surface area contributed by atoms with Crippen molar-refractivity contribution in [2.75, 3.05) is 73.1 Å². The number of aliphatic carboxylic acids is 5. The Labute approximate surface area is 471 Å². The fourth-order valence-electron chi connectivity index (χ4n) is 7.77. The van der Waals surface area contributed by atoms with Crippen molar-refractivity contribution in [1.82, 2.24) is 21.3 Å². The molecule has 0 radical (unpaired) electrons. The van der Waals surface area contributed by atoms with Gasteiger partial charge < -0.3 is 70.9 Å². The number of nitrogens with one attached hydrogen (secondary N) is 4. The highest BCUT2D eigenvalue weighted by Crippen LogP contribution is 2.16. The Balaban J connectivity index is 0. The molecule has 0 unspecified atom stereocenters. The van der Waals surface area contributed by atoms with Gasteiger partial charge in [-0.05, 0) is 51.4 Å². The molecular formula is C55H96N4O21. The number of carboxylic acid groups (broad SMARTS) is 5. The van der Waals surface area contributed by atoms with Crippen molar-refractivity contribution in [3.05, 3.63) is 0 Å². The van der Waals surface area contributed by atoms with Crippen molar-refractivity contribution in [3.63, 3.8) is 0 Å². The molecule has 0 bridgehead atoms. The highest BCUT2D eigenvalue weighted by molar-refractivity contribution is 5.87. The molecule has 0 heterocycles. The summed E-state index contributed by atoms with van der Waals surface area (Å²) in [5.74, 6) is -9.33. The van der Waals surface area contributed by atoms with Crippen LogP contribution < -0.4 is 21.3 Å². The predicted octanol–water partition coefficient (Wildman–Crippen LogP) is 4.60. The van der Waals surface area contributed by atoms with Crippen LogP contribution >= 0.6 is 0 Å². The van der Waals surface area contributed by atoms with Gasteiger partial charge in [0.05, 0.1) is 44.9 Å². The first-order chi connectivity index (χ1) is 38.2. The zero-order valence-electron chi connectivity index (χ0n) is 47.5. The SMILES string of the molecule is COCCCC(=O)CC[C@H](NC(=O)CCCCCCCCCCCCCCCCC(=O)O)C(=O)O.C[C@@H](CCCCNC(=O)CC[C@H](NC(=O)CC[C@H](CC(=O)COCCOCCNC(=O)COCCO)C(=O)O)C(=O)O)C(=O)O. The summed E-state index contributed by atoms with van der Waals surface area (Å²) in [5, 5.41) is 64.1. The first-order valence-corrected chi connectivity index (χ1v) is 28.3. The van der Waals surface area contributed by atoms with Gasteiger partial charge in [-0.2, -0.15) is 0 Å². The van der Waals surface area contributed by atoms with Gasteiger partial charge in [0.25, 0.3) is 0 Å². The Kier molecular flexibility index (Phi) is 50.4. The van der Waals surface area contributed by atoms with Crippen LogP contribution in [0.2, 0.25) is 0 Å². The number of carbonyl (C=O) groups excluding carboxylic acids is 6. The lowest BCUT2D eigenvalue weighted by Gasteiger charge is -2.16. The van der Waals surface area contributed by atoms with Crippen molar-refractivity contribution < 1.29 is 102 Å². The van der Waals surface area contributed by atoms with Crippen LogP contribution in [0.15, 0.2) is 0 Å². The van der Waals surface area contributed by atoms with Crippen molar-refractivity contribution in [3.8, 4) is 0 Å². The summed E-state index contributed by atoms with van der Waals surface area (Å²) < 4.78 is 20.2. The van der Waals surface area contributed by atoms with Gasteiger partial charge in [0.1, 0.15) is 31.1 Å². The molecule has 0 aromatic rings. The highest BCUT2D eigenvalue weighted by Gasteiger charge is 2.26. The van der Waals surface area contributed by atoms with Gasteiger partial charge in [0.2, 0.25) is 23.6 Å². The molecule has 0 aliphatic carbocycles. The number of Topliss-reactive ketones (excluding diaryl/α,β-unsaturated/α-hetero) is 2. The van der Waals surface area contributed by atoms with Crippen LogP contribution in [0, 0.1) is 11.8 Å². The molecule has 25 nitrogen and oxygen atoms in total. The summed E-state index contributed by atoms with van der Waals surface area (Å²) in [4.78, 5) is 127. The molecule has 0 aromatic carbocycles. The highest BCUT2D eigenvalue weighted by atomic mass is 16.5. The van der Waals surface area contributed by atoms with E-state index in [4.69, 9.17) is 34.3 Å². The van der Waals surface area contributed by atoms with E-state index in [9.17, 15) is 68.1 Å². The number of unbranched alkanes of at least 4 members (excludes halogenated alkanes) is 14. The van der Waals surface area contributed by atoms with Crippen molar-refractivity contribution in [2.45, 2.75) is 199 Å². The first kappa shape index (κ1) is 76.4. The number of ether oxygens (including phenoxy) is 4. The van der Waals surface area contributed by atoms with Crippen molar-refractivity contribution in [1.29, 1.82) is 0 Å². The number of amides is 4. The van der Waals surface area contributed by atoms with Crippen LogP contribution in [0.25, 0.3) is 0 Å². The molecule has 0 fully saturated rings. The number of aliphatic hydroxyl groups is 1. The fraction of sp³-hybridized carbons (Fsp3) is 0.800. The van der Waals surface area contributed by atoms with E-state index in [0.717, 1.165) is 44.9 Å². The van der Waals surface area contributed by atoms with E-state index in [1.54, 1.807) is 14.0 Å². The van der Waals surface area contributed by atoms with Gasteiger partial charge in [-0.1, -0.05) is 90.4 Å². The minimum absolute atomic E-state index is 0.00693. The zero-order valence-corrected chi connectivity index (χ0v) is 47.5. The number of rotatable bonds is 55. The Hall–Kier alpha value is -5.63. The fourth-order valence-corrected chi connectivity index (χ4v) is 7.77. The van der Waals surface area contributed by atoms with Crippen LogP contribution in [-0.2, 0) is 71.7 Å². The van der Waals surface area contributed by atoms with Crippen LogP contribution in [0.3, 0.4) is 0 Å². The maximum Gasteiger partial charge on any atom is 0.326 e. The molecule has 0 aromatic heterocycles. The van der Waals surface area contributed by atoms with E-state index in [2.05, 4.69) is 21.3 Å². The van der Waals surface area contributed by atoms with Gasteiger partial charge >= 0.3 is 29.8 Å². The summed E-state index contributed by atoms with van der Waals surface area (Å²) >= 11 is 0. The van der Waals surface area contributed by atoms with Crippen LogP contribution in [0.5, 0.6) is 0 Å². The Morgan fingerprint density at radius 3 is 1.43 bits per heavy atom. The number of hydrogen-bond donors (Lipinski definition) is 10. The molecule has 4 atom stereocenters. The number of carboxylic acids is 5. The number of methoxy groups -OCH3 is 1. The Bertz CT molecular complexity index is 1770. The van der Waals surface area contributed by atoms with E-state index in [1.165, 1.54) is 44.9 Å². The number of ketones is 2. The Morgan fingerprint density at radius 2 is 0.900 bits per heavy atom. The molecular weight excluding hydrogens is 1050 g/mol. The first-order valence-electron chi connectivity index (χ1n) is 28.3. The summed E-state index contributed by atoms with van der Waals surface area (Å²) in [5.41, 5.74) is 0. The second kappa shape index (κ2) is 52.7. The maximum absolute atomic E-state index is 12.3. The summed E-state index contributed by atoms with van der Waals surface area (Å²) in [7, 11) is 1.57. The number of aliphatic hydroxyl groups excluding tert-OH is 1. The number of hydrogen-bond acceptors (Lipinski definition) is 16. The van der Waals surface area contributed by atoms with E-state index in [0.29, 0.717) is 51.7 Å². The molecule has 0 rings (SSSR count). The van der Waals surface area contributed by atoms with Crippen molar-refractivity contribution in [2.24, 2.45) is 11.8 Å². The number of carbonyl (C=O) groups is 11. The molecule has 10 N–H and O–H groups in total. The summed E-state index contributed by atoms with van der Waals surface area (Å²) in [6, 6.07) is -2.38. The molecule has 80 heavy (non-hydrogen) atoms. The molecule has 0 saturated heterocycles. The van der Waals surface area contributed by atoms with Gasteiger partial charge in [-0.25, -0.2) is 9.59 Å². The molecule has 0 aliphatic rings. The summed E-state index contributed by atoms with van der Waals surface area (Å²) in [6.07, 6.45) is 17.7. The molecule has 25 heteroatoms. The van der Waals surface area contributed by atoms with Crippen LogP contribution in [0.4, 0.5) is 0 Å². The van der Waals surface area contributed by atoms with E-state index in [1.807, 2.05) is 0 Å². The lowest BCUT2D eigenvalue weighted by molar-refractivity contribution is -0.145. The maximum atomic E-state index is 12.3. The van der Waals surface area contributed by atoms with Crippen LogP contribution in [-0.4, -0.2) is 181 Å². The normalized spacial score (nSPS) is 12.4. The molecule has 4 amide bonds. The minimum atomic E-state index is -1.37. The topological polar surface area (TPSA) is 394 Å². The molecule has 0 spiro atoms. The van der Waals surface area contributed by atoms with E-state index in [-0.39, 0.29) is 115 Å². The molecule has 462 valence electrons. The minimum Gasteiger partial charge on any atom is -0.481 e. The second-order valence-electron chi connectivity index (χ2n) is 19.7. The third kappa shape index (κ3) is 50.6. The lowest BCUT2D eigenvalue weighted by Crippen LogP contribution is -2.42. The largest absolute Gasteiger partial charge is 0.481 e. The van der Waals surface area contributed by atoms with Gasteiger partial charge in [-0.15, -0.1) is 0 Å². The van der Waals surface area contributed by atoms with Crippen LogP contribution in [0.1, 0.15) is 187 Å². The Morgan fingerprint density at radius 1 is 0.400 bits per heavy atom. The quantitative estimate of drug-likeness (QED) is 0.0372. The molecule has 0 saturated carbocycles. The summed E-state index contributed by atoms with van der Waals surface area (Å²) in [6.45, 7) is 2.27. The average molecular weight is 1150 g/mol. The average Bonchev–Trinajstić information content (AvgIpc) is 3.40. The van der Waals surface area contributed by atoms with Crippen molar-refractivity contribution >= 4 is 65.0 Å². The molecule has 0 aliphatic heterocycles. The smallest absolute Gasteiger partial charge is 0.326 e. The lowest BCUT2D eigenvalue weighted by atomic mass is 9.97. The van der Waals surface area contributed by atoms with E-state index >= 15 is 0 Å². The standard InChI is InChI=1S/C28H47N3O14.C27H49NO7/c1-19(26(37)38)4-2-3-9-29-23(34)8-6-22(28(41)42)31-24(35)7-5-20(27(39)40)16-21(33)17-45-15-14-43-12-10-30-25(36)18-44-13-11-32;1-35-22-16-17-23(29)20-21-24(27(33)34)28-25(30)18-14-12-10-8-6-4-2-3-5-7-9-11-13-15-19-26(31)32/h19-20,22,32H,2-18H2,1H3,(H,29,34)(H,30,36)(H,31,35)(H,37,38)(H,39,40)(H,41,42);24H,2-22H2,1H3,(H,28,30)(H,31,32)(H,33,34)/t19-,20+,22-;24-/m00/s1. The predicted molar refractivity (Wildman–Crippen MR) is 291 cm³/mol. The van der Waals surface area contributed by atoms with Gasteiger partial charge in [-0.3, -0.25) is 43.2 Å². The zero-order chi connectivity index (χ0) is 60.2. The third-order valence-corrected chi connectivity index (χ3v) is 12.5. The van der Waals surface area contributed by atoms with E-state index < -0.39 is 77.8 Å². The third-order valence-electron chi connectivity index (χ3n) is 12.5. The second-order valence-corrected chi connectivity index (χ2v) is 19.7.